The Balaban J connectivity index is 1.30. The zero-order valence-corrected chi connectivity index (χ0v) is 20.8. The topological polar surface area (TPSA) is 95.7 Å². The molecule has 8 heteroatoms. The minimum Gasteiger partial charge on any atom is -0.487 e. The monoisotopic (exact) mass is 499 g/mol. The van der Waals surface area contributed by atoms with E-state index in [1.54, 1.807) is 25.4 Å². The van der Waals surface area contributed by atoms with E-state index in [1.807, 2.05) is 73.7 Å². The molecule has 4 rings (SSSR count). The highest BCUT2D eigenvalue weighted by atomic mass is 16.6. The molecule has 1 N–H and O–H groups in total. The van der Waals surface area contributed by atoms with E-state index < -0.39 is 0 Å². The van der Waals surface area contributed by atoms with E-state index >= 15 is 0 Å². The van der Waals surface area contributed by atoms with E-state index in [0.717, 1.165) is 28.1 Å². The van der Waals surface area contributed by atoms with Gasteiger partial charge in [-0.05, 0) is 61.9 Å². The van der Waals surface area contributed by atoms with Crippen molar-refractivity contribution in [3.8, 4) is 17.2 Å². The van der Waals surface area contributed by atoms with E-state index in [-0.39, 0.29) is 12.4 Å². The highest BCUT2D eigenvalue weighted by molar-refractivity contribution is 5.75. The predicted molar refractivity (Wildman–Crippen MR) is 139 cm³/mol. The summed E-state index contributed by atoms with van der Waals surface area (Å²) >= 11 is 0. The van der Waals surface area contributed by atoms with Crippen LogP contribution in [0.2, 0.25) is 0 Å². The molecule has 4 aromatic rings. The molecule has 0 fully saturated rings. The number of pyridine rings is 1. The summed E-state index contributed by atoms with van der Waals surface area (Å²) in [5, 5.41) is 0. The highest BCUT2D eigenvalue weighted by Gasteiger charge is 2.12. The summed E-state index contributed by atoms with van der Waals surface area (Å²) in [6.45, 7) is 4.62. The second-order valence-electron chi connectivity index (χ2n) is 8.07. The first-order chi connectivity index (χ1) is 18.1. The normalized spacial score (nSPS) is 11.2. The van der Waals surface area contributed by atoms with E-state index in [4.69, 9.17) is 18.7 Å². The minimum atomic E-state index is -0.302. The van der Waals surface area contributed by atoms with Crippen LogP contribution in [0.1, 0.15) is 35.9 Å². The smallest absolute Gasteiger partial charge is 0.309 e. The summed E-state index contributed by atoms with van der Waals surface area (Å²) in [6, 6.07) is 21.1. The summed E-state index contributed by atoms with van der Waals surface area (Å²) in [6.07, 6.45) is 5.22. The molecule has 2 heterocycles. The van der Waals surface area contributed by atoms with E-state index in [2.05, 4.69) is 15.4 Å². The van der Waals surface area contributed by atoms with Crippen molar-refractivity contribution in [2.75, 3.05) is 6.61 Å². The van der Waals surface area contributed by atoms with Gasteiger partial charge in [-0.25, -0.2) is 4.98 Å². The Morgan fingerprint density at radius 2 is 1.76 bits per heavy atom. The maximum absolute atomic E-state index is 11.8. The number of esters is 1. The van der Waals surface area contributed by atoms with Gasteiger partial charge in [0.2, 0.25) is 5.89 Å². The largest absolute Gasteiger partial charge is 0.487 e. The number of carbonyl (C=O) groups is 1. The molecule has 2 aromatic heterocycles. The molecule has 190 valence electrons. The van der Waals surface area contributed by atoms with Crippen LogP contribution >= 0.6 is 0 Å². The Morgan fingerprint density at radius 1 is 1.00 bits per heavy atom. The number of ether oxygens (including phenoxy) is 2. The van der Waals surface area contributed by atoms with Gasteiger partial charge in [0.1, 0.15) is 23.8 Å². The van der Waals surface area contributed by atoms with Crippen molar-refractivity contribution in [3.05, 3.63) is 108 Å². The third-order valence-corrected chi connectivity index (χ3v) is 5.40. The fourth-order valence-corrected chi connectivity index (χ4v) is 3.45. The fraction of sp³-hybridized carbons (Fsp3) is 0.207. The Labute approximate surface area is 215 Å². The van der Waals surface area contributed by atoms with Crippen LogP contribution in [0.25, 0.3) is 17.2 Å². The van der Waals surface area contributed by atoms with Gasteiger partial charge in [0, 0.05) is 23.5 Å². The summed E-state index contributed by atoms with van der Waals surface area (Å²) < 4.78 is 16.7. The van der Waals surface area contributed by atoms with Crippen molar-refractivity contribution >= 4 is 11.7 Å². The number of nitrogens with zero attached hydrogens (tertiary/aromatic N) is 2. The number of aromatic nitrogens is 2. The van der Waals surface area contributed by atoms with Crippen molar-refractivity contribution in [2.24, 2.45) is 0 Å². The quantitative estimate of drug-likeness (QED) is 0.198. The maximum atomic E-state index is 11.8. The Hall–Kier alpha value is -4.43. The van der Waals surface area contributed by atoms with Gasteiger partial charge in [-0.3, -0.25) is 20.1 Å². The van der Waals surface area contributed by atoms with Gasteiger partial charge in [0.15, 0.2) is 0 Å². The molecule has 0 bridgehead atoms. The lowest BCUT2D eigenvalue weighted by atomic mass is 10.2. The van der Waals surface area contributed by atoms with Crippen LogP contribution in [0.4, 0.5) is 0 Å². The molecule has 0 aliphatic rings. The highest BCUT2D eigenvalue weighted by Crippen LogP contribution is 2.23. The summed E-state index contributed by atoms with van der Waals surface area (Å²) in [5.41, 5.74) is 7.08. The number of nitrogens with one attached hydrogen (secondary N) is 1. The van der Waals surface area contributed by atoms with E-state index in [0.29, 0.717) is 37.2 Å². The molecule has 0 saturated heterocycles. The number of hydroxylamine groups is 1. The molecular weight excluding hydrogens is 470 g/mol. The van der Waals surface area contributed by atoms with Crippen molar-refractivity contribution in [3.63, 3.8) is 0 Å². The summed E-state index contributed by atoms with van der Waals surface area (Å²) in [7, 11) is 0. The lowest BCUT2D eigenvalue weighted by molar-refractivity contribution is -0.142. The van der Waals surface area contributed by atoms with Gasteiger partial charge in [-0.2, -0.15) is 0 Å². The molecule has 0 amide bonds. The third kappa shape index (κ3) is 7.52. The van der Waals surface area contributed by atoms with Crippen molar-refractivity contribution in [1.82, 2.24) is 15.4 Å². The van der Waals surface area contributed by atoms with Crippen molar-refractivity contribution < 1.29 is 23.5 Å². The van der Waals surface area contributed by atoms with E-state index in [1.165, 1.54) is 0 Å². The van der Waals surface area contributed by atoms with E-state index in [9.17, 15) is 4.79 Å². The number of rotatable bonds is 12. The number of oxazole rings is 1. The van der Waals surface area contributed by atoms with Crippen LogP contribution in [-0.4, -0.2) is 22.5 Å². The standard InChI is InChI=1S/C29H29N3O5/c1-3-34-28(33)14-13-26(23-15-17-30-18-16-23)32-36-19-22-9-11-25(12-10-22)35-20-27-21(2)37-29(31-27)24-7-5-4-6-8-24/h4-13,15-18,32H,3,14,19-20H2,1-2H3. The second kappa shape index (κ2) is 13.0. The number of benzene rings is 2. The van der Waals surface area contributed by atoms with Gasteiger partial charge in [0.05, 0.1) is 25.3 Å². The first kappa shape index (κ1) is 25.7. The minimum absolute atomic E-state index is 0.131. The van der Waals surface area contributed by atoms with Crippen LogP contribution in [0, 0.1) is 6.92 Å². The second-order valence-corrected chi connectivity index (χ2v) is 8.07. The fourth-order valence-electron chi connectivity index (χ4n) is 3.45. The zero-order chi connectivity index (χ0) is 25.9. The van der Waals surface area contributed by atoms with Crippen molar-refractivity contribution in [1.29, 1.82) is 0 Å². The van der Waals surface area contributed by atoms with Crippen LogP contribution in [0.15, 0.2) is 89.6 Å². The third-order valence-electron chi connectivity index (χ3n) is 5.40. The molecule has 0 unspecified atom stereocenters. The van der Waals surface area contributed by atoms with Crippen molar-refractivity contribution in [2.45, 2.75) is 33.5 Å². The van der Waals surface area contributed by atoms with Gasteiger partial charge in [-0.1, -0.05) is 30.3 Å². The Kier molecular flexibility index (Phi) is 9.04. The average Bonchev–Trinajstić information content (AvgIpc) is 3.31. The molecule has 0 radical (unpaired) electrons. The zero-order valence-electron chi connectivity index (χ0n) is 20.8. The number of hydrogen-bond donors (Lipinski definition) is 1. The molecular formula is C29H29N3O5. The van der Waals surface area contributed by atoms with Crippen LogP contribution in [-0.2, 0) is 27.6 Å². The van der Waals surface area contributed by atoms with Gasteiger partial charge in [-0.15, -0.1) is 0 Å². The SMILES string of the molecule is CCOC(=O)CC=C(NOCc1ccc(OCc2nc(-c3ccccc3)oc2C)cc1)c1ccncc1. The number of aryl methyl sites for hydroxylation is 1. The Morgan fingerprint density at radius 3 is 2.49 bits per heavy atom. The number of hydrogen-bond acceptors (Lipinski definition) is 8. The molecule has 2 aromatic carbocycles. The average molecular weight is 500 g/mol. The summed E-state index contributed by atoms with van der Waals surface area (Å²) in [5.74, 6) is 1.73. The summed E-state index contributed by atoms with van der Waals surface area (Å²) in [4.78, 5) is 26.1. The maximum Gasteiger partial charge on any atom is 0.309 e. The van der Waals surface area contributed by atoms with Crippen LogP contribution in [0.5, 0.6) is 5.75 Å². The van der Waals surface area contributed by atoms with Gasteiger partial charge in [0.25, 0.3) is 0 Å². The van der Waals surface area contributed by atoms with Gasteiger partial charge < -0.3 is 13.9 Å². The molecule has 0 aliphatic heterocycles. The Bertz CT molecular complexity index is 1300. The first-order valence-electron chi connectivity index (χ1n) is 12.0. The molecule has 8 nitrogen and oxygen atoms in total. The molecule has 0 atom stereocenters. The lowest BCUT2D eigenvalue weighted by Gasteiger charge is -2.12. The van der Waals surface area contributed by atoms with Gasteiger partial charge >= 0.3 is 5.97 Å². The van der Waals surface area contributed by atoms with Crippen LogP contribution < -0.4 is 10.2 Å². The first-order valence-corrected chi connectivity index (χ1v) is 12.0. The molecule has 37 heavy (non-hydrogen) atoms. The molecule has 0 saturated carbocycles. The number of carbonyl (C=O) groups excluding carboxylic acids is 1. The lowest BCUT2D eigenvalue weighted by Crippen LogP contribution is -2.14. The predicted octanol–water partition coefficient (Wildman–Crippen LogP) is 5.64. The van der Waals surface area contributed by atoms with Crippen LogP contribution in [0.3, 0.4) is 0 Å². The molecule has 0 spiro atoms. The molecule has 0 aliphatic carbocycles.